The minimum absolute atomic E-state index is 0. The number of aromatic amines is 1. The molecule has 0 bridgehead atoms. The van der Waals surface area contributed by atoms with Crippen LogP contribution in [0.3, 0.4) is 0 Å². The van der Waals surface area contributed by atoms with Crippen molar-refractivity contribution >= 4 is 56.3 Å². The fraction of sp³-hybridized carbons (Fsp3) is 0. The maximum Gasteiger partial charge on any atom is 0.266 e. The first-order valence-corrected chi connectivity index (χ1v) is 5.84. The van der Waals surface area contributed by atoms with Crippen LogP contribution in [0.25, 0.3) is 21.0 Å². The third kappa shape index (κ3) is 1.78. The lowest BCUT2D eigenvalue weighted by atomic mass is 10.1. The van der Waals surface area contributed by atoms with Crippen LogP contribution in [0.1, 0.15) is 0 Å². The van der Waals surface area contributed by atoms with E-state index in [1.54, 1.807) is 6.07 Å². The van der Waals surface area contributed by atoms with E-state index in [4.69, 9.17) is 11.6 Å². The lowest BCUT2D eigenvalue weighted by molar-refractivity contribution is 0.476. The van der Waals surface area contributed by atoms with E-state index in [-0.39, 0.29) is 23.7 Å². The maximum atomic E-state index is 11.7. The number of phenols is 1. The van der Waals surface area contributed by atoms with E-state index < -0.39 is 0 Å². The maximum absolute atomic E-state index is 11.7. The molecule has 0 aliphatic rings. The highest BCUT2D eigenvalue weighted by atomic mass is 35.5. The molecule has 2 heterocycles. The number of fused-ring (bicyclic) bond motifs is 3. The van der Waals surface area contributed by atoms with Gasteiger partial charge in [0.1, 0.15) is 10.4 Å². The number of hydrogen-bond donors (Lipinski definition) is 2. The Morgan fingerprint density at radius 2 is 2.06 bits per heavy atom. The topological polar surface area (TPSA) is 53.1 Å². The molecule has 88 valence electrons. The second kappa shape index (κ2) is 4.22. The Kier molecular flexibility index (Phi) is 3.03. The molecule has 3 aromatic rings. The van der Waals surface area contributed by atoms with E-state index in [0.29, 0.717) is 15.2 Å². The van der Waals surface area contributed by atoms with Crippen LogP contribution in [0, 0.1) is 0 Å². The zero-order chi connectivity index (χ0) is 11.3. The Hall–Kier alpha value is -1.23. The highest BCUT2D eigenvalue weighted by Crippen LogP contribution is 2.32. The van der Waals surface area contributed by atoms with Crippen molar-refractivity contribution in [3.63, 3.8) is 0 Å². The average Bonchev–Trinajstić information content (AvgIpc) is 2.69. The summed E-state index contributed by atoms with van der Waals surface area (Å²) in [6.45, 7) is 0. The summed E-state index contributed by atoms with van der Waals surface area (Å²) in [5.74, 6) is 0.0945. The number of pyridine rings is 1. The van der Waals surface area contributed by atoms with Crippen LogP contribution in [0.15, 0.2) is 28.4 Å². The molecule has 0 saturated heterocycles. The van der Waals surface area contributed by atoms with E-state index in [2.05, 4.69) is 4.98 Å². The molecule has 0 amide bonds. The predicted octanol–water partition coefficient (Wildman–Crippen LogP) is 3.52. The van der Waals surface area contributed by atoms with Crippen molar-refractivity contribution in [1.29, 1.82) is 0 Å². The number of halogens is 2. The van der Waals surface area contributed by atoms with Gasteiger partial charge in [-0.15, -0.1) is 23.7 Å². The molecule has 0 aliphatic heterocycles. The molecule has 0 atom stereocenters. The van der Waals surface area contributed by atoms with E-state index in [9.17, 15) is 9.90 Å². The molecule has 2 aromatic heterocycles. The van der Waals surface area contributed by atoms with Crippen LogP contribution in [0.4, 0.5) is 0 Å². The molecule has 0 fully saturated rings. The number of hydrogen-bond acceptors (Lipinski definition) is 3. The molecular weight excluding hydrogens is 281 g/mol. The fourth-order valence-electron chi connectivity index (χ4n) is 1.80. The van der Waals surface area contributed by atoms with E-state index in [0.717, 1.165) is 10.8 Å². The van der Waals surface area contributed by atoms with Crippen LogP contribution >= 0.6 is 35.3 Å². The van der Waals surface area contributed by atoms with Gasteiger partial charge in [-0.3, -0.25) is 4.79 Å². The largest absolute Gasteiger partial charge is 0.508 e. The molecule has 2 N–H and O–H groups in total. The highest BCUT2D eigenvalue weighted by Gasteiger charge is 2.09. The monoisotopic (exact) mass is 287 g/mol. The molecule has 0 saturated carbocycles. The van der Waals surface area contributed by atoms with E-state index in [1.807, 2.05) is 11.4 Å². The van der Waals surface area contributed by atoms with Crippen molar-refractivity contribution in [2.45, 2.75) is 0 Å². The molecule has 1 aromatic carbocycles. The number of aromatic nitrogens is 1. The third-order valence-electron chi connectivity index (χ3n) is 2.48. The molecule has 0 unspecified atom stereocenters. The van der Waals surface area contributed by atoms with Crippen molar-refractivity contribution in [3.8, 4) is 5.75 Å². The second-order valence-corrected chi connectivity index (χ2v) is 4.79. The first-order valence-electron chi connectivity index (χ1n) is 4.58. The van der Waals surface area contributed by atoms with Gasteiger partial charge >= 0.3 is 0 Å². The zero-order valence-corrected chi connectivity index (χ0v) is 10.7. The summed E-state index contributed by atoms with van der Waals surface area (Å²) >= 11 is 7.35. The Bertz CT molecular complexity index is 763. The molecule has 0 spiro atoms. The fourth-order valence-corrected chi connectivity index (χ4v) is 2.86. The zero-order valence-electron chi connectivity index (χ0n) is 8.36. The molecule has 6 heteroatoms. The second-order valence-electron chi connectivity index (χ2n) is 3.47. The normalized spacial score (nSPS) is 10.6. The minimum atomic E-state index is -0.148. The number of phenolic OH excluding ortho intramolecular Hbond substituents is 1. The Balaban J connectivity index is 0.00000108. The Morgan fingerprint density at radius 1 is 1.29 bits per heavy atom. The van der Waals surface area contributed by atoms with Gasteiger partial charge in [0.15, 0.2) is 0 Å². The number of aromatic hydroxyl groups is 1. The Morgan fingerprint density at radius 3 is 2.82 bits per heavy atom. The summed E-state index contributed by atoms with van der Waals surface area (Å²) in [6, 6.07) is 4.87. The van der Waals surface area contributed by atoms with Crippen molar-refractivity contribution in [3.05, 3.63) is 39.0 Å². The van der Waals surface area contributed by atoms with Gasteiger partial charge in [-0.25, -0.2) is 0 Å². The van der Waals surface area contributed by atoms with Crippen LogP contribution in [0.5, 0.6) is 5.75 Å². The lowest BCUT2D eigenvalue weighted by Gasteiger charge is -2.03. The van der Waals surface area contributed by atoms with Crippen LogP contribution in [0.2, 0.25) is 5.02 Å². The minimum Gasteiger partial charge on any atom is -0.508 e. The van der Waals surface area contributed by atoms with Gasteiger partial charge < -0.3 is 10.1 Å². The number of thiophene rings is 1. The van der Waals surface area contributed by atoms with Gasteiger partial charge in [0.05, 0.1) is 10.5 Å². The number of H-pyrrole nitrogens is 1. The summed E-state index contributed by atoms with van der Waals surface area (Å²) in [5.41, 5.74) is 0.417. The van der Waals surface area contributed by atoms with Crippen LogP contribution < -0.4 is 5.56 Å². The molecule has 3 rings (SSSR count). The van der Waals surface area contributed by atoms with Gasteiger partial charge in [-0.05, 0) is 17.5 Å². The lowest BCUT2D eigenvalue weighted by Crippen LogP contribution is -2.04. The molecule has 0 radical (unpaired) electrons. The van der Waals surface area contributed by atoms with E-state index in [1.165, 1.54) is 17.4 Å². The van der Waals surface area contributed by atoms with Gasteiger partial charge in [0.25, 0.3) is 5.56 Å². The summed E-state index contributed by atoms with van der Waals surface area (Å²) in [4.78, 5) is 14.5. The van der Waals surface area contributed by atoms with Crippen molar-refractivity contribution in [1.82, 2.24) is 4.98 Å². The van der Waals surface area contributed by atoms with Crippen molar-refractivity contribution < 1.29 is 5.11 Å². The first kappa shape index (κ1) is 12.2. The summed E-state index contributed by atoms with van der Waals surface area (Å²) in [7, 11) is 0. The molecule has 3 nitrogen and oxygen atoms in total. The van der Waals surface area contributed by atoms with Crippen molar-refractivity contribution in [2.75, 3.05) is 0 Å². The summed E-state index contributed by atoms with van der Waals surface area (Å²) in [5, 5.41) is 13.3. The molecule has 0 aliphatic carbocycles. The van der Waals surface area contributed by atoms with Gasteiger partial charge in [0.2, 0.25) is 0 Å². The molecule has 17 heavy (non-hydrogen) atoms. The SMILES string of the molecule is Cl.O=c1[nH]c2c(Cl)cc(O)cc2c2ccsc12. The van der Waals surface area contributed by atoms with Gasteiger partial charge in [-0.2, -0.15) is 0 Å². The first-order chi connectivity index (χ1) is 7.66. The third-order valence-corrected chi connectivity index (χ3v) is 3.69. The van der Waals surface area contributed by atoms with Gasteiger partial charge in [-0.1, -0.05) is 11.6 Å². The number of rotatable bonds is 0. The van der Waals surface area contributed by atoms with Gasteiger partial charge in [0, 0.05) is 16.8 Å². The standard InChI is InChI=1S/C11H6ClNO2S.ClH/c12-8-4-5(14)3-7-6-1-2-16-10(6)11(15)13-9(7)8;/h1-4,14H,(H,13,15);1H. The molecular formula is C11H7Cl2NO2S. The number of nitrogens with one attached hydrogen (secondary N) is 1. The average molecular weight is 288 g/mol. The van der Waals surface area contributed by atoms with Crippen LogP contribution in [-0.2, 0) is 0 Å². The van der Waals surface area contributed by atoms with E-state index >= 15 is 0 Å². The smallest absolute Gasteiger partial charge is 0.266 e. The Labute approximate surface area is 111 Å². The summed E-state index contributed by atoms with van der Waals surface area (Å²) in [6.07, 6.45) is 0. The van der Waals surface area contributed by atoms with Crippen molar-refractivity contribution in [2.24, 2.45) is 0 Å². The quantitative estimate of drug-likeness (QED) is 0.665. The predicted molar refractivity (Wildman–Crippen MR) is 73.9 cm³/mol. The summed E-state index contributed by atoms with van der Waals surface area (Å²) < 4.78 is 0.647. The highest BCUT2D eigenvalue weighted by molar-refractivity contribution is 7.17. The van der Waals surface area contributed by atoms with Crippen LogP contribution in [-0.4, -0.2) is 10.1 Å². The number of benzene rings is 1.